The van der Waals surface area contributed by atoms with Gasteiger partial charge in [0.05, 0.1) is 24.2 Å². The van der Waals surface area contributed by atoms with E-state index in [1.807, 2.05) is 22.9 Å². The molecule has 0 spiro atoms. The number of thioether (sulfide) groups is 1. The summed E-state index contributed by atoms with van der Waals surface area (Å²) in [7, 11) is 0. The van der Waals surface area contributed by atoms with Crippen LogP contribution in [0.3, 0.4) is 0 Å². The van der Waals surface area contributed by atoms with Gasteiger partial charge in [-0.3, -0.25) is 19.3 Å². The molecule has 1 aliphatic heterocycles. The summed E-state index contributed by atoms with van der Waals surface area (Å²) in [5.74, 6) is -0.114. The number of nitrogens with zero attached hydrogens (tertiary/aromatic N) is 3. The third-order valence-corrected chi connectivity index (χ3v) is 6.14. The third kappa shape index (κ3) is 3.96. The van der Waals surface area contributed by atoms with Gasteiger partial charge in [0, 0.05) is 24.5 Å². The molecule has 1 saturated carbocycles. The number of carbonyl (C=O) groups excluding carboxylic acids is 3. The van der Waals surface area contributed by atoms with Crippen molar-refractivity contribution in [3.05, 3.63) is 54.1 Å². The van der Waals surface area contributed by atoms with Gasteiger partial charge in [0.1, 0.15) is 0 Å². The topological polar surface area (TPSA) is 84.3 Å². The summed E-state index contributed by atoms with van der Waals surface area (Å²) in [4.78, 5) is 42.4. The molecule has 146 valence electrons. The van der Waals surface area contributed by atoms with Gasteiger partial charge in [0.25, 0.3) is 11.1 Å². The Hall–Kier alpha value is -2.61. The van der Waals surface area contributed by atoms with E-state index in [1.165, 1.54) is 4.90 Å². The highest BCUT2D eigenvalue weighted by molar-refractivity contribution is 8.14. The lowest BCUT2D eigenvalue weighted by atomic mass is 9.89. The molecule has 28 heavy (non-hydrogen) atoms. The SMILES string of the molecule is O=C(N[C@H]1CCCC[C@@H]1N1C(=O)CSC1=O)c1ccc(Cn2ccnc2)cc1. The van der Waals surface area contributed by atoms with Crippen molar-refractivity contribution in [1.82, 2.24) is 19.8 Å². The molecule has 4 rings (SSSR count). The summed E-state index contributed by atoms with van der Waals surface area (Å²) in [5, 5.41) is 2.86. The second-order valence-electron chi connectivity index (χ2n) is 7.18. The third-order valence-electron chi connectivity index (χ3n) is 5.30. The van der Waals surface area contributed by atoms with Gasteiger partial charge in [0.2, 0.25) is 5.91 Å². The number of hydrogen-bond acceptors (Lipinski definition) is 5. The Morgan fingerprint density at radius 3 is 2.64 bits per heavy atom. The van der Waals surface area contributed by atoms with E-state index >= 15 is 0 Å². The first-order valence-corrected chi connectivity index (χ1v) is 10.4. The number of benzene rings is 1. The first-order valence-electron chi connectivity index (χ1n) is 9.46. The number of rotatable bonds is 5. The van der Waals surface area contributed by atoms with E-state index in [4.69, 9.17) is 0 Å². The molecule has 0 unspecified atom stereocenters. The van der Waals surface area contributed by atoms with Crippen molar-refractivity contribution < 1.29 is 14.4 Å². The molecule has 8 heteroatoms. The normalized spacial score (nSPS) is 22.5. The lowest BCUT2D eigenvalue weighted by molar-refractivity contribution is -0.127. The van der Waals surface area contributed by atoms with Crippen LogP contribution in [0.5, 0.6) is 0 Å². The van der Waals surface area contributed by atoms with E-state index in [-0.39, 0.29) is 34.9 Å². The zero-order valence-electron chi connectivity index (χ0n) is 15.4. The van der Waals surface area contributed by atoms with Crippen molar-refractivity contribution in [2.45, 2.75) is 44.3 Å². The molecule has 1 saturated heterocycles. The molecule has 1 N–H and O–H groups in total. The minimum Gasteiger partial charge on any atom is -0.347 e. The van der Waals surface area contributed by atoms with Crippen LogP contribution in [0.2, 0.25) is 0 Å². The molecule has 1 aromatic carbocycles. The summed E-state index contributed by atoms with van der Waals surface area (Å²) in [6, 6.07) is 7.03. The maximum Gasteiger partial charge on any atom is 0.289 e. The van der Waals surface area contributed by atoms with E-state index in [1.54, 1.807) is 24.7 Å². The molecule has 2 aliphatic rings. The zero-order chi connectivity index (χ0) is 19.5. The minimum atomic E-state index is -0.242. The summed E-state index contributed by atoms with van der Waals surface area (Å²) >= 11 is 1.05. The Morgan fingerprint density at radius 2 is 1.96 bits per heavy atom. The fourth-order valence-electron chi connectivity index (χ4n) is 3.88. The van der Waals surface area contributed by atoms with Gasteiger partial charge in [-0.1, -0.05) is 36.7 Å². The largest absolute Gasteiger partial charge is 0.347 e. The van der Waals surface area contributed by atoms with Crippen LogP contribution in [0, 0.1) is 0 Å². The fraction of sp³-hybridized carbons (Fsp3) is 0.400. The Bertz CT molecular complexity index is 850. The minimum absolute atomic E-state index is 0.148. The van der Waals surface area contributed by atoms with Crippen molar-refractivity contribution in [2.24, 2.45) is 0 Å². The number of carbonyl (C=O) groups is 3. The molecule has 2 atom stereocenters. The highest BCUT2D eigenvalue weighted by Crippen LogP contribution is 2.30. The zero-order valence-corrected chi connectivity index (χ0v) is 16.2. The second kappa shape index (κ2) is 8.18. The number of amides is 3. The Kier molecular flexibility index (Phi) is 5.47. The van der Waals surface area contributed by atoms with Crippen molar-refractivity contribution in [1.29, 1.82) is 0 Å². The van der Waals surface area contributed by atoms with Gasteiger partial charge in [-0.2, -0.15) is 0 Å². The van der Waals surface area contributed by atoms with Crippen LogP contribution in [0.15, 0.2) is 43.0 Å². The van der Waals surface area contributed by atoms with Gasteiger partial charge in [-0.25, -0.2) is 4.98 Å². The average molecular weight is 398 g/mol. The summed E-state index contributed by atoms with van der Waals surface area (Å²) in [6.07, 6.45) is 8.84. The van der Waals surface area contributed by atoms with Crippen LogP contribution in [0.25, 0.3) is 0 Å². The van der Waals surface area contributed by atoms with E-state index in [9.17, 15) is 14.4 Å². The smallest absolute Gasteiger partial charge is 0.289 e. The lowest BCUT2D eigenvalue weighted by Gasteiger charge is -2.36. The van der Waals surface area contributed by atoms with Gasteiger partial charge in [-0.05, 0) is 30.5 Å². The molecular formula is C20H22N4O3S. The number of aromatic nitrogens is 2. The van der Waals surface area contributed by atoms with Gasteiger partial charge < -0.3 is 9.88 Å². The predicted molar refractivity (Wildman–Crippen MR) is 106 cm³/mol. The molecule has 2 fully saturated rings. The highest BCUT2D eigenvalue weighted by atomic mass is 32.2. The fourth-order valence-corrected chi connectivity index (χ4v) is 4.64. The van der Waals surface area contributed by atoms with Crippen LogP contribution in [-0.4, -0.2) is 49.3 Å². The first-order chi connectivity index (χ1) is 13.6. The highest BCUT2D eigenvalue weighted by Gasteiger charge is 2.41. The van der Waals surface area contributed by atoms with E-state index in [2.05, 4.69) is 10.3 Å². The van der Waals surface area contributed by atoms with E-state index in [0.29, 0.717) is 12.1 Å². The molecule has 0 radical (unpaired) electrons. The molecular weight excluding hydrogens is 376 g/mol. The van der Waals surface area contributed by atoms with Crippen molar-refractivity contribution >= 4 is 28.8 Å². The van der Waals surface area contributed by atoms with Crippen LogP contribution >= 0.6 is 11.8 Å². The van der Waals surface area contributed by atoms with Gasteiger partial charge >= 0.3 is 0 Å². The van der Waals surface area contributed by atoms with Gasteiger partial charge in [0.15, 0.2) is 0 Å². The Labute approximate surface area is 167 Å². The lowest BCUT2D eigenvalue weighted by Crippen LogP contribution is -2.54. The van der Waals surface area contributed by atoms with Crippen molar-refractivity contribution in [3.63, 3.8) is 0 Å². The molecule has 1 aliphatic carbocycles. The molecule has 0 bridgehead atoms. The van der Waals surface area contributed by atoms with Crippen molar-refractivity contribution in [2.75, 3.05) is 5.75 Å². The summed E-state index contributed by atoms with van der Waals surface area (Å²) in [5.41, 5.74) is 1.66. The van der Waals surface area contributed by atoms with Crippen LogP contribution in [0.4, 0.5) is 4.79 Å². The monoisotopic (exact) mass is 398 g/mol. The summed E-state index contributed by atoms with van der Waals surface area (Å²) < 4.78 is 1.96. The number of imidazole rings is 1. The number of hydrogen-bond donors (Lipinski definition) is 1. The van der Waals surface area contributed by atoms with E-state index in [0.717, 1.165) is 43.0 Å². The molecule has 1 aromatic heterocycles. The molecule has 2 heterocycles. The quantitative estimate of drug-likeness (QED) is 0.837. The maximum atomic E-state index is 12.7. The molecule has 2 aromatic rings. The van der Waals surface area contributed by atoms with Crippen molar-refractivity contribution in [3.8, 4) is 0 Å². The second-order valence-corrected chi connectivity index (χ2v) is 8.11. The van der Waals surface area contributed by atoms with E-state index < -0.39 is 0 Å². The first kappa shape index (κ1) is 18.7. The predicted octanol–water partition coefficient (Wildman–Crippen LogP) is 2.67. The molecule has 3 amide bonds. The molecule has 7 nitrogen and oxygen atoms in total. The Morgan fingerprint density at radius 1 is 1.18 bits per heavy atom. The van der Waals surface area contributed by atoms with Crippen LogP contribution in [0.1, 0.15) is 41.6 Å². The standard InChI is InChI=1S/C20H22N4O3S/c25-18-12-28-20(27)24(18)17-4-2-1-3-16(17)22-19(26)15-7-5-14(6-8-15)11-23-10-9-21-13-23/h5-10,13,16-17H,1-4,11-12H2,(H,22,26)/t16-,17-/m0/s1. The number of imide groups is 1. The van der Waals surface area contributed by atoms with Crippen LogP contribution < -0.4 is 5.32 Å². The summed E-state index contributed by atoms with van der Waals surface area (Å²) in [6.45, 7) is 0.698. The van der Waals surface area contributed by atoms with Crippen LogP contribution in [-0.2, 0) is 11.3 Å². The van der Waals surface area contributed by atoms with Gasteiger partial charge in [-0.15, -0.1) is 0 Å². The maximum absolute atomic E-state index is 12.7. The number of nitrogens with one attached hydrogen (secondary N) is 1. The average Bonchev–Trinajstić information content (AvgIpc) is 3.33. The Balaban J connectivity index is 1.42.